The Kier molecular flexibility index (Phi) is 4.63. The lowest BCUT2D eigenvalue weighted by molar-refractivity contribution is 0.121. The zero-order chi connectivity index (χ0) is 16.4. The first-order valence-electron chi connectivity index (χ1n) is 9.19. The maximum Gasteiger partial charge on any atom is 0.0547 e. The number of benzene rings is 1. The maximum atomic E-state index is 4.71. The lowest BCUT2D eigenvalue weighted by Crippen LogP contribution is -2.43. The number of aryl methyl sites for hydroxylation is 1. The van der Waals surface area contributed by atoms with Crippen LogP contribution >= 0.6 is 0 Å². The lowest BCUT2D eigenvalue weighted by Gasteiger charge is -2.36. The predicted octanol–water partition coefficient (Wildman–Crippen LogP) is 3.49. The minimum Gasteiger partial charge on any atom is -0.297 e. The van der Waals surface area contributed by atoms with E-state index in [2.05, 4.69) is 65.3 Å². The molecule has 0 amide bonds. The van der Waals surface area contributed by atoms with Crippen molar-refractivity contribution in [1.29, 1.82) is 0 Å². The molecule has 3 saturated heterocycles. The average molecular weight is 321 g/mol. The number of pyridine rings is 1. The van der Waals surface area contributed by atoms with Gasteiger partial charge in [-0.1, -0.05) is 36.4 Å². The molecule has 2 atom stereocenters. The third-order valence-electron chi connectivity index (χ3n) is 5.46. The first-order valence-corrected chi connectivity index (χ1v) is 9.19. The van der Waals surface area contributed by atoms with Gasteiger partial charge in [-0.25, -0.2) is 0 Å². The molecule has 3 heteroatoms. The van der Waals surface area contributed by atoms with Gasteiger partial charge in [0.25, 0.3) is 0 Å². The van der Waals surface area contributed by atoms with Crippen LogP contribution in [0.25, 0.3) is 0 Å². The van der Waals surface area contributed by atoms with E-state index in [1.54, 1.807) is 0 Å². The van der Waals surface area contributed by atoms with Crippen LogP contribution < -0.4 is 0 Å². The van der Waals surface area contributed by atoms with Gasteiger partial charge >= 0.3 is 0 Å². The summed E-state index contributed by atoms with van der Waals surface area (Å²) in [6.45, 7) is 7.83. The van der Waals surface area contributed by atoms with Crippen molar-refractivity contribution >= 4 is 0 Å². The monoisotopic (exact) mass is 321 g/mol. The Morgan fingerprint density at radius 2 is 1.79 bits per heavy atom. The second-order valence-electron chi connectivity index (χ2n) is 7.48. The third kappa shape index (κ3) is 3.68. The van der Waals surface area contributed by atoms with E-state index >= 15 is 0 Å². The van der Waals surface area contributed by atoms with Crippen molar-refractivity contribution < 1.29 is 0 Å². The van der Waals surface area contributed by atoms with Gasteiger partial charge in [0.15, 0.2) is 0 Å². The summed E-state index contributed by atoms with van der Waals surface area (Å²) in [4.78, 5) is 10.1. The van der Waals surface area contributed by atoms with Crippen LogP contribution in [-0.4, -0.2) is 40.5 Å². The van der Waals surface area contributed by atoms with Crippen molar-refractivity contribution in [3.8, 4) is 0 Å². The molecule has 4 heterocycles. The molecule has 0 saturated carbocycles. The van der Waals surface area contributed by atoms with Gasteiger partial charge in [-0.3, -0.25) is 14.8 Å². The first-order chi connectivity index (χ1) is 11.8. The molecule has 1 aromatic carbocycles. The third-order valence-corrected chi connectivity index (χ3v) is 5.46. The Labute approximate surface area is 145 Å². The number of hydrogen-bond acceptors (Lipinski definition) is 3. The van der Waals surface area contributed by atoms with Crippen molar-refractivity contribution in [2.24, 2.45) is 5.92 Å². The van der Waals surface area contributed by atoms with Gasteiger partial charge in [-0.2, -0.15) is 0 Å². The first kappa shape index (κ1) is 15.8. The van der Waals surface area contributed by atoms with Crippen LogP contribution in [-0.2, 0) is 13.1 Å². The van der Waals surface area contributed by atoms with E-state index in [1.807, 2.05) is 0 Å². The normalized spacial score (nSPS) is 24.9. The highest BCUT2D eigenvalue weighted by molar-refractivity contribution is 5.15. The molecule has 0 radical (unpaired) electrons. The topological polar surface area (TPSA) is 19.4 Å². The van der Waals surface area contributed by atoms with Crippen molar-refractivity contribution in [1.82, 2.24) is 14.8 Å². The quantitative estimate of drug-likeness (QED) is 0.859. The molecular weight excluding hydrogens is 294 g/mol. The van der Waals surface area contributed by atoms with Gasteiger partial charge in [0.05, 0.1) is 5.69 Å². The highest BCUT2D eigenvalue weighted by Crippen LogP contribution is 2.29. The van der Waals surface area contributed by atoms with E-state index in [0.717, 1.165) is 24.7 Å². The number of rotatable bonds is 4. The zero-order valence-corrected chi connectivity index (χ0v) is 14.6. The molecule has 5 rings (SSSR count). The van der Waals surface area contributed by atoms with E-state index in [4.69, 9.17) is 4.98 Å². The summed E-state index contributed by atoms with van der Waals surface area (Å²) >= 11 is 0. The number of hydrogen-bond donors (Lipinski definition) is 0. The summed E-state index contributed by atoms with van der Waals surface area (Å²) in [6, 6.07) is 18.0. The van der Waals surface area contributed by atoms with Crippen molar-refractivity contribution in [3.63, 3.8) is 0 Å². The molecule has 3 fully saturated rings. The Hall–Kier alpha value is -1.71. The molecule has 3 aliphatic rings. The summed E-state index contributed by atoms with van der Waals surface area (Å²) in [7, 11) is 0. The van der Waals surface area contributed by atoms with Crippen LogP contribution in [0, 0.1) is 12.8 Å². The lowest BCUT2D eigenvalue weighted by atomic mass is 9.95. The fourth-order valence-electron chi connectivity index (χ4n) is 4.34. The molecule has 0 N–H and O–H groups in total. The molecule has 126 valence electrons. The Morgan fingerprint density at radius 3 is 2.62 bits per heavy atom. The smallest absolute Gasteiger partial charge is 0.0547 e. The van der Waals surface area contributed by atoms with E-state index in [1.165, 1.54) is 43.7 Å². The summed E-state index contributed by atoms with van der Waals surface area (Å²) in [5, 5.41) is 0. The van der Waals surface area contributed by atoms with E-state index < -0.39 is 0 Å². The van der Waals surface area contributed by atoms with E-state index in [9.17, 15) is 0 Å². The molecular formula is C21H27N3. The molecule has 0 unspecified atom stereocenters. The molecule has 1 aromatic heterocycles. The second-order valence-corrected chi connectivity index (χ2v) is 7.48. The predicted molar refractivity (Wildman–Crippen MR) is 97.6 cm³/mol. The number of fused-ring (bicyclic) bond motifs is 4. The van der Waals surface area contributed by atoms with Crippen LogP contribution in [0.4, 0.5) is 0 Å². The van der Waals surface area contributed by atoms with Gasteiger partial charge < -0.3 is 0 Å². The minimum absolute atomic E-state index is 0.676. The van der Waals surface area contributed by atoms with Gasteiger partial charge in [0.2, 0.25) is 0 Å². The number of piperidine rings is 1. The van der Waals surface area contributed by atoms with E-state index in [-0.39, 0.29) is 0 Å². The van der Waals surface area contributed by atoms with Crippen molar-refractivity contribution in [2.45, 2.75) is 38.9 Å². The van der Waals surface area contributed by atoms with E-state index in [0.29, 0.717) is 6.04 Å². The minimum atomic E-state index is 0.676. The fourth-order valence-corrected chi connectivity index (χ4v) is 4.34. The van der Waals surface area contributed by atoms with Crippen LogP contribution in [0.5, 0.6) is 0 Å². The Bertz CT molecular complexity index is 670. The molecule has 3 aliphatic heterocycles. The molecule has 24 heavy (non-hydrogen) atoms. The second kappa shape index (κ2) is 7.04. The molecule has 3 nitrogen and oxygen atoms in total. The standard InChI is InChI=1S/C21H27N3/c1-17-6-5-9-20(22-17)15-24-14-19-10-11-21(24)16-23(13-19)12-18-7-3-2-4-8-18/h2-9,19,21H,10-16H2,1H3/t19-,21+/m0/s1. The highest BCUT2D eigenvalue weighted by Gasteiger charge is 2.34. The van der Waals surface area contributed by atoms with Gasteiger partial charge in [0.1, 0.15) is 0 Å². The summed E-state index contributed by atoms with van der Waals surface area (Å²) in [5.74, 6) is 0.803. The number of aromatic nitrogens is 1. The van der Waals surface area contributed by atoms with Crippen LogP contribution in [0.1, 0.15) is 29.8 Å². The fraction of sp³-hybridized carbons (Fsp3) is 0.476. The summed E-state index contributed by atoms with van der Waals surface area (Å²) < 4.78 is 0. The van der Waals surface area contributed by atoms with Crippen molar-refractivity contribution in [3.05, 3.63) is 65.5 Å². The Balaban J connectivity index is 1.44. The molecule has 0 aliphatic carbocycles. The van der Waals surface area contributed by atoms with Crippen LogP contribution in [0.3, 0.4) is 0 Å². The summed E-state index contributed by atoms with van der Waals surface area (Å²) in [5.41, 5.74) is 3.78. The SMILES string of the molecule is Cc1cccc(CN2C[C@H]3CC[C@@H]2CN(Cc2ccccc2)C3)n1. The molecule has 2 bridgehead atoms. The van der Waals surface area contributed by atoms with Crippen molar-refractivity contribution in [2.75, 3.05) is 19.6 Å². The van der Waals surface area contributed by atoms with Crippen LogP contribution in [0.2, 0.25) is 0 Å². The highest BCUT2D eigenvalue weighted by atomic mass is 15.3. The van der Waals surface area contributed by atoms with Gasteiger partial charge in [0, 0.05) is 44.5 Å². The molecule has 0 spiro atoms. The average Bonchev–Trinajstić information content (AvgIpc) is 2.86. The van der Waals surface area contributed by atoms with Gasteiger partial charge in [-0.05, 0) is 43.4 Å². The maximum absolute atomic E-state index is 4.71. The van der Waals surface area contributed by atoms with Gasteiger partial charge in [-0.15, -0.1) is 0 Å². The number of nitrogens with zero attached hydrogens (tertiary/aromatic N) is 3. The Morgan fingerprint density at radius 1 is 0.917 bits per heavy atom. The summed E-state index contributed by atoms with van der Waals surface area (Å²) in [6.07, 6.45) is 2.72. The zero-order valence-electron chi connectivity index (χ0n) is 14.6. The largest absolute Gasteiger partial charge is 0.297 e. The van der Waals surface area contributed by atoms with Crippen LogP contribution in [0.15, 0.2) is 48.5 Å². The molecule has 2 aromatic rings.